The molecule has 5 aromatic heterocycles. The van der Waals surface area contributed by atoms with E-state index in [1.807, 2.05) is 36.7 Å². The van der Waals surface area contributed by atoms with Crippen molar-refractivity contribution in [2.45, 2.75) is 96.1 Å². The molecule has 2 aliphatic heterocycles. The average Bonchev–Trinajstić information content (AvgIpc) is 4.18. The highest BCUT2D eigenvalue weighted by molar-refractivity contribution is 6.66. The third kappa shape index (κ3) is 5.99. The lowest BCUT2D eigenvalue weighted by atomic mass is 9.73. The molecule has 11 heteroatoms. The van der Waals surface area contributed by atoms with Crippen molar-refractivity contribution in [1.82, 2.24) is 19.1 Å². The van der Waals surface area contributed by atoms with Crippen molar-refractivity contribution in [1.29, 1.82) is 0 Å². The number of benzene rings is 6. The fraction of sp³-hybridized carbons (Fsp3) is 0.246. The summed E-state index contributed by atoms with van der Waals surface area (Å²) in [5.41, 5.74) is 11.7. The van der Waals surface area contributed by atoms with E-state index in [1.54, 1.807) is 0 Å². The molecule has 2 saturated heterocycles. The van der Waals surface area contributed by atoms with Gasteiger partial charge in [-0.3, -0.25) is 9.13 Å². The van der Waals surface area contributed by atoms with Crippen LogP contribution in [0, 0.1) is 0 Å². The zero-order valence-corrected chi connectivity index (χ0v) is 41.9. The summed E-state index contributed by atoms with van der Waals surface area (Å²) in [7, 11) is -1.21. The number of hydrogen-bond acceptors (Lipinski definition) is 7. The molecule has 0 bridgehead atoms. The molecule has 0 saturated carbocycles. The van der Waals surface area contributed by atoms with Gasteiger partial charge in [-0.1, -0.05) is 98.8 Å². The Kier molecular flexibility index (Phi) is 9.13. The zero-order chi connectivity index (χ0) is 49.1. The second kappa shape index (κ2) is 15.0. The third-order valence-corrected chi connectivity index (χ3v) is 17.3. The number of nitrogens with zero attached hydrogens (tertiary/aromatic N) is 4. The van der Waals surface area contributed by atoms with Gasteiger partial charge < -0.3 is 23.0 Å². The van der Waals surface area contributed by atoms with Gasteiger partial charge >= 0.3 is 14.2 Å². The molecule has 6 aromatic carbocycles. The molecule has 9 nitrogen and oxygen atoms in total. The number of pyridine rings is 2. The predicted molar refractivity (Wildman–Crippen MR) is 291 cm³/mol. The highest BCUT2D eigenvalue weighted by Gasteiger charge is 2.59. The first-order chi connectivity index (χ1) is 34.7. The number of para-hydroxylation sites is 3. The molecule has 0 N–H and O–H groups in total. The van der Waals surface area contributed by atoms with Gasteiger partial charge in [0.1, 0.15) is 16.9 Å². The number of fused-ring (bicyclic) bond motifs is 12. The van der Waals surface area contributed by atoms with E-state index in [4.69, 9.17) is 33.0 Å². The van der Waals surface area contributed by atoms with E-state index in [2.05, 4.69) is 186 Å². The van der Waals surface area contributed by atoms with Gasteiger partial charge in [0.15, 0.2) is 5.58 Å². The molecule has 0 radical (unpaired) electrons. The van der Waals surface area contributed by atoms with Gasteiger partial charge in [-0.25, -0.2) is 9.97 Å². The Bertz CT molecular complexity index is 3970. The Morgan fingerprint density at radius 3 is 1.72 bits per heavy atom. The van der Waals surface area contributed by atoms with Crippen molar-refractivity contribution in [3.05, 3.63) is 169 Å². The maximum atomic E-state index is 7.26. The molecule has 14 rings (SSSR count). The van der Waals surface area contributed by atoms with Crippen LogP contribution in [-0.4, -0.2) is 55.7 Å². The van der Waals surface area contributed by atoms with Gasteiger partial charge in [0.05, 0.1) is 39.1 Å². The lowest BCUT2D eigenvalue weighted by Crippen LogP contribution is -2.50. The minimum Gasteiger partial charge on any atom is -0.454 e. The van der Waals surface area contributed by atoms with Crippen molar-refractivity contribution in [3.63, 3.8) is 0 Å². The summed E-state index contributed by atoms with van der Waals surface area (Å²) in [5.74, 6) is 0. The second-order valence-corrected chi connectivity index (χ2v) is 22.2. The Balaban J connectivity index is 0.767. The number of hydrogen-bond donors (Lipinski definition) is 0. The lowest BCUT2D eigenvalue weighted by Gasteiger charge is -2.42. The predicted octanol–water partition coefficient (Wildman–Crippen LogP) is 12.9. The van der Waals surface area contributed by atoms with Crippen LogP contribution >= 0.6 is 0 Å². The summed E-state index contributed by atoms with van der Waals surface area (Å²) in [5, 5.41) is 6.57. The Labute approximate surface area is 419 Å². The monoisotopic (exact) mass is 944 g/mol. The van der Waals surface area contributed by atoms with Gasteiger partial charge in [-0.05, 0) is 148 Å². The summed E-state index contributed by atoms with van der Waals surface area (Å²) in [6.45, 7) is 17.7. The minimum absolute atomic E-state index is 0.268. The summed E-state index contributed by atoms with van der Waals surface area (Å²) in [4.78, 5) is 9.74. The van der Waals surface area contributed by atoms with Crippen molar-refractivity contribution in [3.8, 4) is 22.5 Å². The smallest absolute Gasteiger partial charge is 0.454 e. The topological polar surface area (TPSA) is 85.7 Å². The molecule has 354 valence electrons. The SMILES string of the molecule is CC1(C)c2cc(-n3c4ccccc4c4cccnc43)ccc2-c2c(B3OC(C)(C)C(C)(CCC4(C)OB(c5cccc6oc7c(-n8c9ccccc9c9cccnc98)cccc7c56)OC4(C)C)O3)cccc21. The largest absolute Gasteiger partial charge is 0.495 e. The molecule has 3 aliphatic rings. The van der Waals surface area contributed by atoms with Crippen molar-refractivity contribution in [2.24, 2.45) is 0 Å². The number of furan rings is 1. The van der Waals surface area contributed by atoms with E-state index in [1.165, 1.54) is 27.6 Å². The van der Waals surface area contributed by atoms with E-state index in [9.17, 15) is 0 Å². The van der Waals surface area contributed by atoms with Crippen LogP contribution in [0.5, 0.6) is 0 Å². The van der Waals surface area contributed by atoms with Gasteiger partial charge in [0.2, 0.25) is 0 Å². The Hall–Kier alpha value is -7.01. The summed E-state index contributed by atoms with van der Waals surface area (Å²) in [6.07, 6.45) is 5.08. The Morgan fingerprint density at radius 2 is 1.04 bits per heavy atom. The quantitative estimate of drug-likeness (QED) is 0.147. The first kappa shape index (κ1) is 43.8. The molecule has 2 fully saturated rings. The van der Waals surface area contributed by atoms with Crippen LogP contribution in [0.25, 0.3) is 88.3 Å². The number of rotatable bonds is 7. The molecule has 2 atom stereocenters. The van der Waals surface area contributed by atoms with E-state index < -0.39 is 36.6 Å². The van der Waals surface area contributed by atoms with Crippen LogP contribution in [0.15, 0.2) is 162 Å². The maximum Gasteiger partial charge on any atom is 0.495 e. The summed E-state index contributed by atoms with van der Waals surface area (Å²) >= 11 is 0. The van der Waals surface area contributed by atoms with Crippen LogP contribution < -0.4 is 10.9 Å². The van der Waals surface area contributed by atoms with E-state index in [0.717, 1.165) is 82.7 Å². The minimum atomic E-state index is -0.680. The van der Waals surface area contributed by atoms with E-state index >= 15 is 0 Å². The normalized spacial score (nSPS) is 21.1. The summed E-state index contributed by atoms with van der Waals surface area (Å²) < 4.78 is 39.9. The van der Waals surface area contributed by atoms with Crippen LogP contribution in [0.2, 0.25) is 0 Å². The average molecular weight is 945 g/mol. The standard InChI is InChI=1S/C61H54B2N4O5/c1-57(2)44-23-14-24-46(52(44)42-31-30-37(36-45(42)57)66-48-26-11-9-18-38(48)40-21-16-34-64-55(40)66)62-69-58(3,4)60(7,71-62)32-33-61(8)59(5,6)70-63(72-61)47-25-15-29-51-53(47)43-20-13-28-50(54(43)68-51)67-49-27-12-10-19-39(49)41-22-17-35-65-56(41)67/h9-31,34-36H,32-33H2,1-8H3. The van der Waals surface area contributed by atoms with Crippen LogP contribution in [0.3, 0.4) is 0 Å². The van der Waals surface area contributed by atoms with Crippen LogP contribution in [0.1, 0.15) is 79.4 Å². The van der Waals surface area contributed by atoms with Gasteiger partial charge in [0.25, 0.3) is 0 Å². The van der Waals surface area contributed by atoms with Gasteiger partial charge in [0, 0.05) is 55.8 Å². The second-order valence-electron chi connectivity index (χ2n) is 22.2. The van der Waals surface area contributed by atoms with Crippen molar-refractivity contribution >= 4 is 91.0 Å². The first-order valence-corrected chi connectivity index (χ1v) is 25.3. The van der Waals surface area contributed by atoms with Crippen molar-refractivity contribution in [2.75, 3.05) is 0 Å². The van der Waals surface area contributed by atoms with Gasteiger partial charge in [-0.15, -0.1) is 0 Å². The molecule has 11 aromatic rings. The zero-order valence-electron chi connectivity index (χ0n) is 41.9. The molecular weight excluding hydrogens is 890 g/mol. The van der Waals surface area contributed by atoms with E-state index in [-0.39, 0.29) is 5.41 Å². The highest BCUT2D eigenvalue weighted by atomic mass is 16.7. The fourth-order valence-corrected chi connectivity index (χ4v) is 12.5. The van der Waals surface area contributed by atoms with Gasteiger partial charge in [-0.2, -0.15) is 0 Å². The summed E-state index contributed by atoms with van der Waals surface area (Å²) in [6, 6.07) is 51.4. The molecular formula is C61H54B2N4O5. The van der Waals surface area contributed by atoms with Crippen LogP contribution in [-0.2, 0) is 24.0 Å². The molecule has 0 spiro atoms. The molecule has 1 aliphatic carbocycles. The third-order valence-electron chi connectivity index (χ3n) is 17.3. The Morgan fingerprint density at radius 1 is 0.486 bits per heavy atom. The van der Waals surface area contributed by atoms with E-state index in [0.29, 0.717) is 12.8 Å². The molecule has 7 heterocycles. The lowest BCUT2D eigenvalue weighted by molar-refractivity contribution is -0.0576. The first-order valence-electron chi connectivity index (χ1n) is 25.3. The van der Waals surface area contributed by atoms with Crippen molar-refractivity contribution < 1.29 is 23.0 Å². The molecule has 0 amide bonds. The number of aromatic nitrogens is 4. The highest BCUT2D eigenvalue weighted by Crippen LogP contribution is 2.52. The molecule has 72 heavy (non-hydrogen) atoms. The maximum absolute atomic E-state index is 7.26. The van der Waals surface area contributed by atoms with Crippen LogP contribution in [0.4, 0.5) is 0 Å². The molecule has 2 unspecified atom stereocenters. The fourth-order valence-electron chi connectivity index (χ4n) is 12.5.